The number of anilines is 8. The largest absolute Gasteiger partial charge is 0.394 e. The third kappa shape index (κ3) is 19.6. The molecule has 0 fully saturated rings. The van der Waals surface area contributed by atoms with Crippen LogP contribution in [-0.4, -0.2) is 246 Å². The molecule has 0 saturated carbocycles. The highest BCUT2D eigenvalue weighted by molar-refractivity contribution is 7.86. The van der Waals surface area contributed by atoms with Crippen LogP contribution in [0, 0.1) is 0 Å². The zero-order chi connectivity index (χ0) is 58.5. The molecule has 0 amide bonds. The molecule has 0 saturated heterocycles. The summed E-state index contributed by atoms with van der Waals surface area (Å²) < 4.78 is 136. The molecule has 4 aromatic rings. The van der Waals surface area contributed by atoms with Crippen LogP contribution >= 0.6 is 0 Å². The van der Waals surface area contributed by atoms with Crippen molar-refractivity contribution in [3.05, 3.63) is 47.5 Å². The minimum Gasteiger partial charge on any atom is -0.394 e. The van der Waals surface area contributed by atoms with Crippen molar-refractivity contribution < 1.29 is 103 Å². The molecule has 436 valence electrons. The van der Waals surface area contributed by atoms with Crippen molar-refractivity contribution in [1.29, 1.82) is 0 Å². The first-order chi connectivity index (χ1) is 36.3. The van der Waals surface area contributed by atoms with E-state index < -0.39 is 150 Å². The zero-order valence-corrected chi connectivity index (χ0v) is 44.3. The average Bonchev–Trinajstić information content (AvgIpc) is 3.36. The number of benzene rings is 2. The van der Waals surface area contributed by atoms with Gasteiger partial charge in [0.05, 0.1) is 24.7 Å². The summed E-state index contributed by atoms with van der Waals surface area (Å²) >= 11 is 0. The lowest BCUT2D eigenvalue weighted by atomic mass is 10.0. The van der Waals surface area contributed by atoms with Crippen LogP contribution in [0.5, 0.6) is 0 Å². The van der Waals surface area contributed by atoms with Crippen LogP contribution in [0.3, 0.4) is 0 Å². The number of nitrogens with zero attached hydrogens (tertiary/aromatic N) is 8. The minimum atomic E-state index is -5.13. The molecule has 2 aromatic carbocycles. The first-order valence-electron chi connectivity index (χ1n) is 22.8. The molecule has 0 radical (unpaired) electrons. The predicted molar refractivity (Wildman–Crippen MR) is 275 cm³/mol. The van der Waals surface area contributed by atoms with Crippen LogP contribution in [-0.2, 0) is 40.5 Å². The van der Waals surface area contributed by atoms with Crippen molar-refractivity contribution in [3.8, 4) is 0 Å². The number of likely N-dealkylation sites (N-methyl/N-ethyl adjacent to an activating group) is 2. The van der Waals surface area contributed by atoms with Crippen molar-refractivity contribution in [2.75, 3.05) is 95.1 Å². The van der Waals surface area contributed by atoms with Crippen LogP contribution in [0.1, 0.15) is 25.0 Å². The first-order valence-corrected chi connectivity index (χ1v) is 28.9. The van der Waals surface area contributed by atoms with Crippen molar-refractivity contribution in [3.63, 3.8) is 0 Å². The summed E-state index contributed by atoms with van der Waals surface area (Å²) in [5, 5.41) is 111. The lowest BCUT2D eigenvalue weighted by Crippen LogP contribution is -2.50. The molecule has 0 aliphatic heterocycles. The van der Waals surface area contributed by atoms with Gasteiger partial charge in [-0.2, -0.15) is 63.6 Å². The standard InChI is InChI=1S/C40H60N12O22S4/c1-3-51(17-25(55)31(59)33(61)27(57)19-53)39-47-35(41-11-13-75(63,64)65)45-37(49-39)43-23-9-7-21(29(15-23)77(69,70)71)5-6-22-8-10-24(16-30(22)78(72,73)74)44-38-46-36(42-12-14-76(66,67)68)48-40(50-38)52(4-2)18-26(56)32(60)34(62)28(58)20-54/h5-10,15-16,25-28,31-34,53-62H,3-4,11-14,17-20H2,1-2H3,(H,63,64,65)(H,66,67,68)(H,69,70,71)(H,72,73,74)(H2,41,43,45,47,49)(H2,42,44,46,48,50). The molecule has 2 aromatic heterocycles. The van der Waals surface area contributed by atoms with Gasteiger partial charge in [0.15, 0.2) is 0 Å². The number of rotatable bonds is 32. The molecular formula is C40H60N12O22S4. The van der Waals surface area contributed by atoms with Gasteiger partial charge in [-0.25, -0.2) is 0 Å². The van der Waals surface area contributed by atoms with E-state index in [9.17, 15) is 92.7 Å². The van der Waals surface area contributed by atoms with E-state index in [0.29, 0.717) is 0 Å². The number of aromatic nitrogens is 6. The normalized spacial score (nSPS) is 15.6. The minimum absolute atomic E-state index is 0.0153. The fourth-order valence-corrected chi connectivity index (χ4v) is 8.89. The van der Waals surface area contributed by atoms with Crippen molar-refractivity contribution in [2.24, 2.45) is 0 Å². The Balaban J connectivity index is 1.71. The number of hydrogen-bond acceptors (Lipinski definition) is 30. The lowest BCUT2D eigenvalue weighted by molar-refractivity contribution is -0.112. The van der Waals surface area contributed by atoms with E-state index in [-0.39, 0.29) is 71.3 Å². The fraction of sp³-hybridized carbons (Fsp3) is 0.500. The van der Waals surface area contributed by atoms with E-state index in [1.807, 2.05) is 0 Å². The van der Waals surface area contributed by atoms with Gasteiger partial charge in [-0.05, 0) is 49.2 Å². The first kappa shape index (κ1) is 64.8. The monoisotopic (exact) mass is 1190 g/mol. The summed E-state index contributed by atoms with van der Waals surface area (Å²) in [6.45, 7) is -0.792. The number of aliphatic hydroxyl groups is 10. The van der Waals surface area contributed by atoms with Gasteiger partial charge in [0, 0.05) is 50.6 Å². The maximum absolute atomic E-state index is 12.8. The summed E-state index contributed by atoms with van der Waals surface area (Å²) in [6.07, 6.45) is -13.1. The Bertz CT molecular complexity index is 2950. The van der Waals surface area contributed by atoms with Crippen LogP contribution in [0.15, 0.2) is 46.2 Å². The Hall–Kier alpha value is -5.76. The van der Waals surface area contributed by atoms with Crippen LogP contribution in [0.25, 0.3) is 12.2 Å². The molecule has 78 heavy (non-hydrogen) atoms. The van der Waals surface area contributed by atoms with Crippen LogP contribution < -0.4 is 31.1 Å². The molecule has 4 rings (SSSR count). The molecule has 18 N–H and O–H groups in total. The maximum Gasteiger partial charge on any atom is 0.295 e. The van der Waals surface area contributed by atoms with Crippen LogP contribution in [0.2, 0.25) is 0 Å². The van der Waals surface area contributed by atoms with E-state index in [2.05, 4.69) is 51.2 Å². The SMILES string of the molecule is CCN(CC(O)C(O)C(O)C(O)CO)c1nc(NCCS(=O)(=O)O)nc(Nc2ccc(C=Cc3ccc(Nc4nc(NCCS(=O)(=O)O)nc(N(CC)CC(O)C(O)C(O)C(O)CO)n4)cc3S(=O)(=O)O)c(S(=O)(=O)O)c2)n1. The Morgan fingerprint density at radius 3 is 1.10 bits per heavy atom. The van der Waals surface area contributed by atoms with Gasteiger partial charge in [-0.1, -0.05) is 24.3 Å². The summed E-state index contributed by atoms with van der Waals surface area (Å²) in [7, 11) is -19.2. The van der Waals surface area contributed by atoms with Crippen molar-refractivity contribution in [2.45, 2.75) is 72.5 Å². The van der Waals surface area contributed by atoms with Gasteiger partial charge in [0.25, 0.3) is 40.5 Å². The van der Waals surface area contributed by atoms with Gasteiger partial charge in [0.2, 0.25) is 35.7 Å². The molecule has 8 unspecified atom stereocenters. The quantitative estimate of drug-likeness (QED) is 0.0161. The molecular weight excluding hydrogens is 1130 g/mol. The third-order valence-corrected chi connectivity index (χ3v) is 14.1. The van der Waals surface area contributed by atoms with E-state index in [0.717, 1.165) is 36.4 Å². The highest BCUT2D eigenvalue weighted by Gasteiger charge is 2.33. The van der Waals surface area contributed by atoms with E-state index in [4.69, 9.17) is 10.2 Å². The maximum atomic E-state index is 12.8. The smallest absolute Gasteiger partial charge is 0.295 e. The van der Waals surface area contributed by atoms with Crippen molar-refractivity contribution >= 4 is 99.7 Å². The summed E-state index contributed by atoms with van der Waals surface area (Å²) in [5.74, 6) is -3.65. The molecule has 0 spiro atoms. The highest BCUT2D eigenvalue weighted by Crippen LogP contribution is 2.29. The highest BCUT2D eigenvalue weighted by atomic mass is 32.2. The van der Waals surface area contributed by atoms with Crippen LogP contribution in [0.4, 0.5) is 47.1 Å². The van der Waals surface area contributed by atoms with Gasteiger partial charge in [0.1, 0.15) is 58.6 Å². The lowest BCUT2D eigenvalue weighted by Gasteiger charge is -2.30. The topological polar surface area (TPSA) is 552 Å². The molecule has 34 nitrogen and oxygen atoms in total. The average molecular weight is 1190 g/mol. The number of nitrogens with one attached hydrogen (secondary N) is 4. The summed E-state index contributed by atoms with van der Waals surface area (Å²) in [4.78, 5) is 25.9. The van der Waals surface area contributed by atoms with Gasteiger partial charge in [-0.15, -0.1) is 0 Å². The van der Waals surface area contributed by atoms with Gasteiger partial charge >= 0.3 is 0 Å². The number of aliphatic hydroxyl groups excluding tert-OH is 10. The van der Waals surface area contributed by atoms with Gasteiger partial charge in [-0.3, -0.25) is 18.2 Å². The second kappa shape index (κ2) is 27.9. The number of hydrogen-bond donors (Lipinski definition) is 18. The molecule has 0 aliphatic rings. The second-order valence-electron chi connectivity index (χ2n) is 16.7. The zero-order valence-electron chi connectivity index (χ0n) is 41.0. The second-order valence-corrected chi connectivity index (χ2v) is 22.6. The molecule has 0 aliphatic carbocycles. The molecule has 2 heterocycles. The third-order valence-electron chi connectivity index (χ3n) is 10.9. The summed E-state index contributed by atoms with van der Waals surface area (Å²) in [6, 6.07) is 6.56. The molecule has 8 atom stereocenters. The molecule has 38 heteroatoms. The Labute approximate surface area is 445 Å². The van der Waals surface area contributed by atoms with Gasteiger partial charge < -0.3 is 82.1 Å². The Morgan fingerprint density at radius 2 is 0.808 bits per heavy atom. The fourth-order valence-electron chi connectivity index (χ4n) is 6.75. The van der Waals surface area contributed by atoms with E-state index in [1.54, 1.807) is 13.8 Å². The Kier molecular flexibility index (Phi) is 23.2. The summed E-state index contributed by atoms with van der Waals surface area (Å²) in [5.41, 5.74) is -0.810. The van der Waals surface area contributed by atoms with E-state index >= 15 is 0 Å². The predicted octanol–water partition coefficient (Wildman–Crippen LogP) is -4.67. The Morgan fingerprint density at radius 1 is 0.487 bits per heavy atom. The van der Waals surface area contributed by atoms with E-state index in [1.165, 1.54) is 21.9 Å². The molecule has 0 bridgehead atoms. The van der Waals surface area contributed by atoms with Crippen molar-refractivity contribution in [1.82, 2.24) is 29.9 Å².